The molecule has 0 atom stereocenters. The van der Waals surface area contributed by atoms with Crippen LogP contribution in [0.5, 0.6) is 17.2 Å². The Morgan fingerprint density at radius 2 is 1.80 bits per heavy atom. The number of aliphatic imine (C=N–C) groups is 1. The molecule has 45 heavy (non-hydrogen) atoms. The molecule has 8 nitrogen and oxygen atoms in total. The molecule has 0 saturated carbocycles. The number of halogens is 4. The molecule has 1 aliphatic rings. The van der Waals surface area contributed by atoms with Crippen molar-refractivity contribution in [3.63, 3.8) is 0 Å². The molecule has 0 amide bonds. The number of alkyl halides is 3. The maximum Gasteiger partial charge on any atom is 0.416 e. The number of methoxy groups -OCH3 is 1. The summed E-state index contributed by atoms with van der Waals surface area (Å²) in [5.41, 5.74) is -0.493. The average Bonchev–Trinajstić information content (AvgIpc) is 3.02. The Balaban J connectivity index is 1.47. The Morgan fingerprint density at radius 1 is 1.04 bits per heavy atom. The minimum atomic E-state index is -4.73. The van der Waals surface area contributed by atoms with E-state index in [9.17, 15) is 21.6 Å². The molecule has 1 saturated heterocycles. The van der Waals surface area contributed by atoms with Gasteiger partial charge >= 0.3 is 6.18 Å². The zero-order chi connectivity index (χ0) is 32.6. The maximum atomic E-state index is 15.1. The number of ether oxygens (including phenoxy) is 3. The first-order chi connectivity index (χ1) is 21.4. The SMILES string of the molecule is C=Nc1cc(OCCCN2CCCCC2)c(OC)cc1/C(=C\C)Oc1ccc(NS(=O)(=O)c2cccc(C(F)(F)F)c2)cc1F. The fourth-order valence-corrected chi connectivity index (χ4v) is 5.99. The first kappa shape index (κ1) is 33.8. The smallest absolute Gasteiger partial charge is 0.416 e. The molecule has 0 radical (unpaired) electrons. The van der Waals surface area contributed by atoms with Gasteiger partial charge in [0.2, 0.25) is 0 Å². The summed E-state index contributed by atoms with van der Waals surface area (Å²) >= 11 is 0. The van der Waals surface area contributed by atoms with Crippen LogP contribution in [0.2, 0.25) is 0 Å². The summed E-state index contributed by atoms with van der Waals surface area (Å²) in [5, 5.41) is 0. The van der Waals surface area contributed by atoms with Crippen LogP contribution in [0, 0.1) is 5.82 Å². The summed E-state index contributed by atoms with van der Waals surface area (Å²) in [6, 6.07) is 9.84. The van der Waals surface area contributed by atoms with Crippen LogP contribution in [0.15, 0.2) is 70.6 Å². The third-order valence-corrected chi connectivity index (χ3v) is 8.56. The number of nitrogens with zero attached hydrogens (tertiary/aromatic N) is 2. The normalized spacial score (nSPS) is 14.6. The van der Waals surface area contributed by atoms with Gasteiger partial charge in [-0.2, -0.15) is 13.2 Å². The van der Waals surface area contributed by atoms with Gasteiger partial charge in [-0.1, -0.05) is 12.5 Å². The summed E-state index contributed by atoms with van der Waals surface area (Å²) in [7, 11) is -2.95. The van der Waals surface area contributed by atoms with Crippen molar-refractivity contribution in [1.29, 1.82) is 0 Å². The average molecular weight is 650 g/mol. The van der Waals surface area contributed by atoms with Crippen molar-refractivity contribution in [3.05, 3.63) is 77.6 Å². The zero-order valence-electron chi connectivity index (χ0n) is 25.0. The fraction of sp³-hybridized carbons (Fsp3) is 0.344. The van der Waals surface area contributed by atoms with Crippen LogP contribution in [0.3, 0.4) is 0 Å². The highest BCUT2D eigenvalue weighted by atomic mass is 32.2. The second-order valence-electron chi connectivity index (χ2n) is 10.3. The number of sulfonamides is 1. The standard InChI is InChI=1S/C32H35F4N3O5S/c1-4-28(25-20-30(42-3)31(21-27(25)37-2)43-17-9-16-39-14-6-5-7-15-39)44-29-13-12-23(19-26(29)33)38-45(40,41)24-11-8-10-22(18-24)32(34,35)36/h4,8,10-13,18-21,38H,2,5-7,9,14-17H2,1,3H3/b28-4+. The third-order valence-electron chi connectivity index (χ3n) is 7.18. The van der Waals surface area contributed by atoms with Gasteiger partial charge < -0.3 is 19.1 Å². The van der Waals surface area contributed by atoms with Crippen LogP contribution >= 0.6 is 0 Å². The van der Waals surface area contributed by atoms with Crippen LogP contribution < -0.4 is 18.9 Å². The number of nitrogens with one attached hydrogen (secondary N) is 1. The van der Waals surface area contributed by atoms with Crippen molar-refractivity contribution in [2.45, 2.75) is 43.7 Å². The predicted octanol–water partition coefficient (Wildman–Crippen LogP) is 7.68. The van der Waals surface area contributed by atoms with E-state index in [1.807, 2.05) is 0 Å². The number of piperidine rings is 1. The van der Waals surface area contributed by atoms with Crippen molar-refractivity contribution >= 4 is 33.9 Å². The summed E-state index contributed by atoms with van der Waals surface area (Å²) in [5.74, 6) is -0.0625. The van der Waals surface area contributed by atoms with E-state index in [0.717, 1.165) is 50.3 Å². The van der Waals surface area contributed by atoms with E-state index in [0.29, 0.717) is 35.4 Å². The second kappa shape index (κ2) is 14.8. The molecular formula is C32H35F4N3O5S. The van der Waals surface area contributed by atoms with Crippen molar-refractivity contribution < 1.29 is 40.2 Å². The maximum absolute atomic E-state index is 15.1. The Hall–Kier alpha value is -4.10. The molecule has 0 aliphatic carbocycles. The third kappa shape index (κ3) is 8.76. The van der Waals surface area contributed by atoms with Gasteiger partial charge in [0.05, 0.1) is 35.6 Å². The Morgan fingerprint density at radius 3 is 2.44 bits per heavy atom. The number of rotatable bonds is 13. The number of allylic oxidation sites excluding steroid dienone is 1. The van der Waals surface area contributed by atoms with Gasteiger partial charge in [0.15, 0.2) is 23.1 Å². The number of anilines is 1. The summed E-state index contributed by atoms with van der Waals surface area (Å²) in [6.07, 6.45) is 1.42. The lowest BCUT2D eigenvalue weighted by Gasteiger charge is -2.26. The Bertz CT molecular complexity index is 1640. The number of hydrogen-bond acceptors (Lipinski definition) is 7. The molecule has 3 aromatic rings. The first-order valence-corrected chi connectivity index (χ1v) is 15.8. The van der Waals surface area contributed by atoms with Gasteiger partial charge in [-0.3, -0.25) is 9.71 Å². The Kier molecular flexibility index (Phi) is 11.1. The van der Waals surface area contributed by atoms with Crippen LogP contribution in [-0.2, 0) is 16.2 Å². The van der Waals surface area contributed by atoms with E-state index >= 15 is 4.39 Å². The zero-order valence-corrected chi connectivity index (χ0v) is 25.8. The fourth-order valence-electron chi connectivity index (χ4n) is 4.89. The highest BCUT2D eigenvalue weighted by Gasteiger charge is 2.31. The molecule has 0 spiro atoms. The monoisotopic (exact) mass is 649 g/mol. The summed E-state index contributed by atoms with van der Waals surface area (Å²) < 4.78 is 99.2. The molecule has 13 heteroatoms. The van der Waals surface area contributed by atoms with Gasteiger partial charge in [-0.25, -0.2) is 12.8 Å². The van der Waals surface area contributed by atoms with E-state index in [1.165, 1.54) is 38.5 Å². The summed E-state index contributed by atoms with van der Waals surface area (Å²) in [6.45, 7) is 8.95. The quantitative estimate of drug-likeness (QED) is 0.0885. The molecule has 1 fully saturated rings. The van der Waals surface area contributed by atoms with Gasteiger partial charge in [0.1, 0.15) is 5.76 Å². The van der Waals surface area contributed by atoms with Gasteiger partial charge in [-0.15, -0.1) is 0 Å². The number of hydrogen-bond donors (Lipinski definition) is 1. The highest BCUT2D eigenvalue weighted by molar-refractivity contribution is 7.92. The first-order valence-electron chi connectivity index (χ1n) is 14.3. The van der Waals surface area contributed by atoms with Crippen LogP contribution in [-0.4, -0.2) is 53.4 Å². The molecule has 0 unspecified atom stereocenters. The van der Waals surface area contributed by atoms with Gasteiger partial charge in [0, 0.05) is 24.2 Å². The molecule has 0 aromatic heterocycles. The lowest BCUT2D eigenvalue weighted by molar-refractivity contribution is -0.137. The van der Waals surface area contributed by atoms with Gasteiger partial charge in [-0.05, 0) is 88.5 Å². The highest BCUT2D eigenvalue weighted by Crippen LogP contribution is 2.39. The van der Waals surface area contributed by atoms with Crippen LogP contribution in [0.25, 0.3) is 5.76 Å². The molecule has 3 aromatic carbocycles. The van der Waals surface area contributed by atoms with E-state index in [2.05, 4.69) is 21.3 Å². The Labute approximate surface area is 260 Å². The molecule has 0 bridgehead atoms. The minimum Gasteiger partial charge on any atom is -0.493 e. The van der Waals surface area contributed by atoms with Crippen molar-refractivity contribution in [2.75, 3.05) is 38.1 Å². The largest absolute Gasteiger partial charge is 0.493 e. The molecule has 1 aliphatic heterocycles. The lowest BCUT2D eigenvalue weighted by Crippen LogP contribution is -2.31. The van der Waals surface area contributed by atoms with Crippen LogP contribution in [0.4, 0.5) is 28.9 Å². The van der Waals surface area contributed by atoms with E-state index in [1.54, 1.807) is 25.1 Å². The summed E-state index contributed by atoms with van der Waals surface area (Å²) in [4.78, 5) is 5.89. The molecule has 4 rings (SSSR count). The van der Waals surface area contributed by atoms with E-state index in [-0.39, 0.29) is 17.2 Å². The van der Waals surface area contributed by atoms with E-state index in [4.69, 9.17) is 14.2 Å². The van der Waals surface area contributed by atoms with Crippen molar-refractivity contribution in [1.82, 2.24) is 4.90 Å². The van der Waals surface area contributed by atoms with E-state index < -0.39 is 32.5 Å². The minimum absolute atomic E-state index is 0.212. The van der Waals surface area contributed by atoms with Crippen molar-refractivity contribution in [2.24, 2.45) is 4.99 Å². The number of benzene rings is 3. The lowest BCUT2D eigenvalue weighted by atomic mass is 10.1. The van der Waals surface area contributed by atoms with Crippen molar-refractivity contribution in [3.8, 4) is 17.2 Å². The van der Waals surface area contributed by atoms with Gasteiger partial charge in [0.25, 0.3) is 10.0 Å². The molecule has 1 heterocycles. The second-order valence-corrected chi connectivity index (χ2v) is 12.0. The molecule has 242 valence electrons. The number of likely N-dealkylation sites (tertiary alicyclic amines) is 1. The molecule has 1 N–H and O–H groups in total. The van der Waals surface area contributed by atoms with Crippen LogP contribution in [0.1, 0.15) is 43.7 Å². The topological polar surface area (TPSA) is 89.5 Å². The molecular weight excluding hydrogens is 614 g/mol. The predicted molar refractivity (Wildman–Crippen MR) is 166 cm³/mol.